The van der Waals surface area contributed by atoms with Gasteiger partial charge >= 0.3 is 0 Å². The number of likely N-dealkylation sites (N-methyl/N-ethyl adjacent to an activating group) is 2. The summed E-state index contributed by atoms with van der Waals surface area (Å²) in [6.07, 6.45) is 0. The number of halogens is 2. The maximum atomic E-state index is 11.4. The SMILES string of the molecule is CNCC(=O)N(C)Cc1cc(Br)cs1.Cl. The molecule has 15 heavy (non-hydrogen) atoms. The average molecular weight is 314 g/mol. The molecule has 6 heteroatoms. The minimum Gasteiger partial charge on any atom is -0.340 e. The Morgan fingerprint density at radius 2 is 2.33 bits per heavy atom. The first kappa shape index (κ1) is 14.9. The fourth-order valence-electron chi connectivity index (χ4n) is 1.04. The molecule has 1 aromatic heterocycles. The van der Waals surface area contributed by atoms with Crippen LogP contribution in [-0.4, -0.2) is 31.4 Å². The van der Waals surface area contributed by atoms with Gasteiger partial charge in [0.25, 0.3) is 0 Å². The van der Waals surface area contributed by atoms with Crippen LogP contribution in [0, 0.1) is 0 Å². The number of carbonyl (C=O) groups excluding carboxylic acids is 1. The van der Waals surface area contributed by atoms with Gasteiger partial charge < -0.3 is 10.2 Å². The summed E-state index contributed by atoms with van der Waals surface area (Å²) in [6.45, 7) is 1.07. The van der Waals surface area contributed by atoms with E-state index in [1.165, 1.54) is 4.88 Å². The Morgan fingerprint density at radius 3 is 2.80 bits per heavy atom. The van der Waals surface area contributed by atoms with Crippen molar-refractivity contribution < 1.29 is 4.79 Å². The molecule has 1 rings (SSSR count). The average Bonchev–Trinajstić information content (AvgIpc) is 2.51. The Morgan fingerprint density at radius 1 is 1.67 bits per heavy atom. The van der Waals surface area contributed by atoms with E-state index in [2.05, 4.69) is 21.2 Å². The highest BCUT2D eigenvalue weighted by Gasteiger charge is 2.08. The molecule has 0 aromatic carbocycles. The molecule has 1 amide bonds. The van der Waals surface area contributed by atoms with Gasteiger partial charge in [0.2, 0.25) is 5.91 Å². The van der Waals surface area contributed by atoms with Crippen LogP contribution in [0.1, 0.15) is 4.88 Å². The number of amides is 1. The summed E-state index contributed by atoms with van der Waals surface area (Å²) in [6, 6.07) is 2.04. The van der Waals surface area contributed by atoms with Gasteiger partial charge in [-0.1, -0.05) is 0 Å². The maximum Gasteiger partial charge on any atom is 0.236 e. The second-order valence-electron chi connectivity index (χ2n) is 3.01. The van der Waals surface area contributed by atoms with Crippen LogP contribution in [-0.2, 0) is 11.3 Å². The molecule has 0 radical (unpaired) electrons. The summed E-state index contributed by atoms with van der Waals surface area (Å²) in [7, 11) is 3.58. The molecule has 0 aliphatic heterocycles. The van der Waals surface area contributed by atoms with Crippen LogP contribution in [0.5, 0.6) is 0 Å². The van der Waals surface area contributed by atoms with Crippen molar-refractivity contribution in [2.24, 2.45) is 0 Å². The Balaban J connectivity index is 0.00000196. The third-order valence-electron chi connectivity index (χ3n) is 1.77. The van der Waals surface area contributed by atoms with Gasteiger partial charge in [0.05, 0.1) is 13.1 Å². The van der Waals surface area contributed by atoms with E-state index < -0.39 is 0 Å². The summed E-state index contributed by atoms with van der Waals surface area (Å²) in [5.74, 6) is 0.108. The van der Waals surface area contributed by atoms with Crippen LogP contribution < -0.4 is 5.32 Å². The van der Waals surface area contributed by atoms with Gasteiger partial charge in [0.15, 0.2) is 0 Å². The van der Waals surface area contributed by atoms with Crippen LogP contribution in [0.3, 0.4) is 0 Å². The zero-order chi connectivity index (χ0) is 10.6. The number of thiophene rings is 1. The molecular weight excluding hydrogens is 300 g/mol. The molecule has 3 nitrogen and oxygen atoms in total. The summed E-state index contributed by atoms with van der Waals surface area (Å²) in [5, 5.41) is 4.86. The Kier molecular flexibility index (Phi) is 7.17. The number of carbonyl (C=O) groups is 1. The number of nitrogens with one attached hydrogen (secondary N) is 1. The fourth-order valence-corrected chi connectivity index (χ4v) is 2.55. The summed E-state index contributed by atoms with van der Waals surface area (Å²) in [5.41, 5.74) is 0. The number of nitrogens with zero attached hydrogens (tertiary/aromatic N) is 1. The first-order chi connectivity index (χ1) is 6.63. The molecule has 0 fully saturated rings. The van der Waals surface area contributed by atoms with Gasteiger partial charge in [-0.3, -0.25) is 4.79 Å². The summed E-state index contributed by atoms with van der Waals surface area (Å²) in [4.78, 5) is 14.3. The molecule has 0 aliphatic rings. The van der Waals surface area contributed by atoms with Gasteiger partial charge in [-0.25, -0.2) is 0 Å². The van der Waals surface area contributed by atoms with Gasteiger partial charge in [-0.15, -0.1) is 23.7 Å². The zero-order valence-corrected chi connectivity index (χ0v) is 11.8. The quantitative estimate of drug-likeness (QED) is 0.923. The van der Waals surface area contributed by atoms with Crippen molar-refractivity contribution in [3.63, 3.8) is 0 Å². The van der Waals surface area contributed by atoms with E-state index >= 15 is 0 Å². The number of hydrogen-bond donors (Lipinski definition) is 1. The zero-order valence-electron chi connectivity index (χ0n) is 8.62. The third-order valence-corrected chi connectivity index (χ3v) is 3.45. The standard InChI is InChI=1S/C9H13BrN2OS.ClH/c1-11-4-9(13)12(2)5-8-3-7(10)6-14-8;/h3,6,11H,4-5H2,1-2H3;1H. The molecule has 0 aliphatic carbocycles. The largest absolute Gasteiger partial charge is 0.340 e. The first-order valence-corrected chi connectivity index (χ1v) is 5.92. The second kappa shape index (κ2) is 7.22. The molecular formula is C9H14BrClN2OS. The lowest BCUT2D eigenvalue weighted by atomic mass is 10.4. The lowest BCUT2D eigenvalue weighted by Crippen LogP contribution is -2.33. The molecule has 86 valence electrons. The topological polar surface area (TPSA) is 32.3 Å². The van der Waals surface area contributed by atoms with Crippen LogP contribution in [0.25, 0.3) is 0 Å². The number of rotatable bonds is 4. The number of hydrogen-bond acceptors (Lipinski definition) is 3. The van der Waals surface area contributed by atoms with Crippen LogP contribution in [0.2, 0.25) is 0 Å². The monoisotopic (exact) mass is 312 g/mol. The summed E-state index contributed by atoms with van der Waals surface area (Å²) >= 11 is 5.04. The van der Waals surface area contributed by atoms with Crippen molar-refractivity contribution in [2.45, 2.75) is 6.54 Å². The molecule has 1 aromatic rings. The molecule has 0 unspecified atom stereocenters. The maximum absolute atomic E-state index is 11.4. The van der Waals surface area contributed by atoms with E-state index in [0.29, 0.717) is 13.1 Å². The first-order valence-electron chi connectivity index (χ1n) is 4.25. The van der Waals surface area contributed by atoms with Crippen molar-refractivity contribution in [1.29, 1.82) is 0 Å². The normalized spacial score (nSPS) is 9.53. The van der Waals surface area contributed by atoms with Gasteiger partial charge in [-0.2, -0.15) is 0 Å². The highest BCUT2D eigenvalue weighted by atomic mass is 79.9. The molecule has 0 saturated heterocycles. The molecule has 0 atom stereocenters. The lowest BCUT2D eigenvalue weighted by molar-refractivity contribution is -0.129. The van der Waals surface area contributed by atoms with Crippen molar-refractivity contribution in [2.75, 3.05) is 20.6 Å². The Bertz CT molecular complexity index is 319. The van der Waals surface area contributed by atoms with Crippen molar-refractivity contribution in [1.82, 2.24) is 10.2 Å². The minimum absolute atomic E-state index is 0. The van der Waals surface area contributed by atoms with Gasteiger partial charge in [0, 0.05) is 21.8 Å². The van der Waals surface area contributed by atoms with Crippen molar-refractivity contribution in [3.05, 3.63) is 20.8 Å². The van der Waals surface area contributed by atoms with Crippen LogP contribution in [0.15, 0.2) is 15.9 Å². The van der Waals surface area contributed by atoms with Crippen molar-refractivity contribution >= 4 is 45.6 Å². The second-order valence-corrected chi connectivity index (χ2v) is 4.92. The van der Waals surface area contributed by atoms with E-state index in [1.807, 2.05) is 18.5 Å². The Hall–Kier alpha value is -0.100. The predicted molar refractivity (Wildman–Crippen MR) is 69.7 cm³/mol. The van der Waals surface area contributed by atoms with E-state index in [4.69, 9.17) is 0 Å². The molecule has 0 saturated carbocycles. The predicted octanol–water partition coefficient (Wildman–Crippen LogP) is 2.11. The highest BCUT2D eigenvalue weighted by molar-refractivity contribution is 9.10. The van der Waals surface area contributed by atoms with E-state index in [1.54, 1.807) is 23.3 Å². The molecule has 1 N–H and O–H groups in total. The molecule has 1 heterocycles. The molecule has 0 bridgehead atoms. The lowest BCUT2D eigenvalue weighted by Gasteiger charge is -2.15. The van der Waals surface area contributed by atoms with Crippen LogP contribution in [0.4, 0.5) is 0 Å². The highest BCUT2D eigenvalue weighted by Crippen LogP contribution is 2.20. The third kappa shape index (κ3) is 4.97. The molecule has 0 spiro atoms. The smallest absolute Gasteiger partial charge is 0.236 e. The van der Waals surface area contributed by atoms with Gasteiger partial charge in [-0.05, 0) is 29.0 Å². The summed E-state index contributed by atoms with van der Waals surface area (Å²) < 4.78 is 1.08. The Labute approximate surface area is 108 Å². The van der Waals surface area contributed by atoms with E-state index in [0.717, 1.165) is 4.47 Å². The van der Waals surface area contributed by atoms with Gasteiger partial charge in [0.1, 0.15) is 0 Å². The van der Waals surface area contributed by atoms with Crippen molar-refractivity contribution in [3.8, 4) is 0 Å². The fraction of sp³-hybridized carbons (Fsp3) is 0.444. The minimum atomic E-state index is 0. The van der Waals surface area contributed by atoms with E-state index in [-0.39, 0.29) is 18.3 Å². The van der Waals surface area contributed by atoms with Crippen LogP contribution >= 0.6 is 39.7 Å². The van der Waals surface area contributed by atoms with E-state index in [9.17, 15) is 4.79 Å².